The number of ketones is 1. The third-order valence-corrected chi connectivity index (χ3v) is 3.58. The molecule has 0 spiro atoms. The zero-order valence-corrected chi connectivity index (χ0v) is 13.5. The molecule has 0 aromatic heterocycles. The zero-order chi connectivity index (χ0) is 14.8. The van der Waals surface area contributed by atoms with Crippen molar-refractivity contribution in [2.75, 3.05) is 0 Å². The SMILES string of the molecule is CC(=O)c1ccc(C(CC(C)(C)C)C(C)(C)C)cc1. The molecule has 0 fully saturated rings. The second-order valence-corrected chi connectivity index (χ2v) is 7.86. The van der Waals surface area contributed by atoms with Gasteiger partial charge in [-0.1, -0.05) is 65.8 Å². The maximum absolute atomic E-state index is 11.4. The summed E-state index contributed by atoms with van der Waals surface area (Å²) in [6.07, 6.45) is 1.15. The summed E-state index contributed by atoms with van der Waals surface area (Å²) in [7, 11) is 0. The van der Waals surface area contributed by atoms with Gasteiger partial charge >= 0.3 is 0 Å². The lowest BCUT2D eigenvalue weighted by atomic mass is 9.69. The Labute approximate surface area is 118 Å². The van der Waals surface area contributed by atoms with Crippen molar-refractivity contribution in [2.45, 2.75) is 60.8 Å². The van der Waals surface area contributed by atoms with Crippen LogP contribution in [0.3, 0.4) is 0 Å². The smallest absolute Gasteiger partial charge is 0.159 e. The summed E-state index contributed by atoms with van der Waals surface area (Å²) in [5.74, 6) is 0.642. The molecule has 1 unspecified atom stereocenters. The molecule has 0 saturated heterocycles. The molecule has 0 N–H and O–H groups in total. The Kier molecular flexibility index (Phi) is 4.60. The van der Waals surface area contributed by atoms with Crippen LogP contribution in [-0.2, 0) is 0 Å². The first-order chi connectivity index (χ1) is 8.50. The summed E-state index contributed by atoms with van der Waals surface area (Å²) in [5.41, 5.74) is 2.67. The van der Waals surface area contributed by atoms with Crippen molar-refractivity contribution in [3.63, 3.8) is 0 Å². The normalized spacial score (nSPS) is 14.3. The highest BCUT2D eigenvalue weighted by molar-refractivity contribution is 5.94. The Hall–Kier alpha value is -1.11. The van der Waals surface area contributed by atoms with Crippen LogP contribution in [0.25, 0.3) is 0 Å². The minimum atomic E-state index is 0.134. The molecule has 0 radical (unpaired) electrons. The largest absolute Gasteiger partial charge is 0.295 e. The molecule has 0 heterocycles. The van der Waals surface area contributed by atoms with Crippen molar-refractivity contribution in [2.24, 2.45) is 10.8 Å². The fourth-order valence-electron chi connectivity index (χ4n) is 2.49. The first-order valence-electron chi connectivity index (χ1n) is 7.11. The minimum absolute atomic E-state index is 0.134. The first-order valence-corrected chi connectivity index (χ1v) is 7.11. The highest BCUT2D eigenvalue weighted by Crippen LogP contribution is 2.42. The van der Waals surface area contributed by atoms with Gasteiger partial charge in [-0.05, 0) is 35.7 Å². The molecule has 1 nitrogen and oxygen atoms in total. The van der Waals surface area contributed by atoms with Gasteiger partial charge in [0.1, 0.15) is 0 Å². The maximum atomic E-state index is 11.4. The fourth-order valence-corrected chi connectivity index (χ4v) is 2.49. The lowest BCUT2D eigenvalue weighted by Crippen LogP contribution is -2.23. The van der Waals surface area contributed by atoms with E-state index >= 15 is 0 Å². The van der Waals surface area contributed by atoms with Crippen molar-refractivity contribution >= 4 is 5.78 Å². The van der Waals surface area contributed by atoms with Crippen molar-refractivity contribution in [3.05, 3.63) is 35.4 Å². The quantitative estimate of drug-likeness (QED) is 0.660. The molecule has 0 aliphatic carbocycles. The van der Waals surface area contributed by atoms with Gasteiger partial charge in [-0.2, -0.15) is 0 Å². The van der Waals surface area contributed by atoms with Gasteiger partial charge in [-0.3, -0.25) is 4.79 Å². The molecule has 0 aliphatic rings. The van der Waals surface area contributed by atoms with E-state index in [1.165, 1.54) is 5.56 Å². The van der Waals surface area contributed by atoms with Crippen LogP contribution in [0.4, 0.5) is 0 Å². The van der Waals surface area contributed by atoms with Crippen molar-refractivity contribution < 1.29 is 4.79 Å². The lowest BCUT2D eigenvalue weighted by molar-refractivity contribution is 0.101. The molecule has 0 amide bonds. The molecule has 1 heteroatoms. The molecule has 0 aliphatic heterocycles. The molecule has 1 aromatic carbocycles. The third kappa shape index (κ3) is 4.81. The first kappa shape index (κ1) is 15.9. The number of carbonyl (C=O) groups excluding carboxylic acids is 1. The van der Waals surface area contributed by atoms with E-state index in [1.807, 2.05) is 12.1 Å². The number of hydrogen-bond donors (Lipinski definition) is 0. The van der Waals surface area contributed by atoms with E-state index in [2.05, 4.69) is 53.7 Å². The Balaban J connectivity index is 3.08. The van der Waals surface area contributed by atoms with Crippen molar-refractivity contribution in [3.8, 4) is 0 Å². The van der Waals surface area contributed by atoms with Gasteiger partial charge < -0.3 is 0 Å². The van der Waals surface area contributed by atoms with Gasteiger partial charge in [0.2, 0.25) is 0 Å². The van der Waals surface area contributed by atoms with E-state index in [9.17, 15) is 4.79 Å². The number of Topliss-reactive ketones (excluding diaryl/α,β-unsaturated/α-hetero) is 1. The van der Waals surface area contributed by atoms with Crippen LogP contribution in [0.15, 0.2) is 24.3 Å². The minimum Gasteiger partial charge on any atom is -0.295 e. The predicted octanol–water partition coefficient (Wildman–Crippen LogP) is 5.46. The van der Waals surface area contributed by atoms with E-state index in [0.29, 0.717) is 11.3 Å². The zero-order valence-electron chi connectivity index (χ0n) is 13.5. The van der Waals surface area contributed by atoms with Gasteiger partial charge in [0.15, 0.2) is 5.78 Å². The molecule has 106 valence electrons. The summed E-state index contributed by atoms with van der Waals surface area (Å²) in [5, 5.41) is 0. The molecular weight excluding hydrogens is 232 g/mol. The standard InChI is InChI=1S/C18H28O/c1-13(19)14-8-10-15(11-9-14)16(18(5,6)7)12-17(2,3)4/h8-11,16H,12H2,1-7H3. The lowest BCUT2D eigenvalue weighted by Gasteiger charge is -2.36. The van der Waals surface area contributed by atoms with Crippen molar-refractivity contribution in [1.82, 2.24) is 0 Å². The highest BCUT2D eigenvalue weighted by Gasteiger charge is 2.30. The monoisotopic (exact) mass is 260 g/mol. The molecule has 19 heavy (non-hydrogen) atoms. The molecule has 1 aromatic rings. The molecular formula is C18H28O. The van der Waals surface area contributed by atoms with E-state index in [0.717, 1.165) is 12.0 Å². The van der Waals surface area contributed by atoms with Crippen LogP contribution >= 0.6 is 0 Å². The summed E-state index contributed by atoms with van der Waals surface area (Å²) in [4.78, 5) is 11.4. The number of hydrogen-bond acceptors (Lipinski definition) is 1. The Morgan fingerprint density at radius 2 is 1.47 bits per heavy atom. The Bertz CT molecular complexity index is 426. The topological polar surface area (TPSA) is 17.1 Å². The van der Waals surface area contributed by atoms with Gasteiger partial charge in [-0.15, -0.1) is 0 Å². The summed E-state index contributed by atoms with van der Waals surface area (Å²) in [6.45, 7) is 15.4. The number of benzene rings is 1. The van der Waals surface area contributed by atoms with Gasteiger partial charge in [0, 0.05) is 5.56 Å². The van der Waals surface area contributed by atoms with Crippen LogP contribution in [0.2, 0.25) is 0 Å². The predicted molar refractivity (Wildman–Crippen MR) is 82.7 cm³/mol. The summed E-state index contributed by atoms with van der Waals surface area (Å²) < 4.78 is 0. The maximum Gasteiger partial charge on any atom is 0.159 e. The van der Waals surface area contributed by atoms with Crippen LogP contribution in [0.1, 0.15) is 76.7 Å². The Morgan fingerprint density at radius 1 is 1.00 bits per heavy atom. The molecule has 1 rings (SSSR count). The van der Waals surface area contributed by atoms with Crippen LogP contribution in [0.5, 0.6) is 0 Å². The molecule has 0 bridgehead atoms. The van der Waals surface area contributed by atoms with Gasteiger partial charge in [0.05, 0.1) is 0 Å². The Morgan fingerprint density at radius 3 is 1.79 bits per heavy atom. The van der Waals surface area contributed by atoms with Gasteiger partial charge in [-0.25, -0.2) is 0 Å². The average Bonchev–Trinajstić information content (AvgIpc) is 2.23. The molecule has 0 saturated carbocycles. The summed E-state index contributed by atoms with van der Waals surface area (Å²) >= 11 is 0. The van der Waals surface area contributed by atoms with Gasteiger partial charge in [0.25, 0.3) is 0 Å². The van der Waals surface area contributed by atoms with E-state index < -0.39 is 0 Å². The molecule has 1 atom stereocenters. The second-order valence-electron chi connectivity index (χ2n) is 7.86. The fraction of sp³-hybridized carbons (Fsp3) is 0.611. The van der Waals surface area contributed by atoms with Crippen molar-refractivity contribution in [1.29, 1.82) is 0 Å². The second kappa shape index (κ2) is 5.48. The van der Waals surface area contributed by atoms with Crippen LogP contribution in [-0.4, -0.2) is 5.78 Å². The highest BCUT2D eigenvalue weighted by atomic mass is 16.1. The van der Waals surface area contributed by atoms with Crippen LogP contribution in [0, 0.1) is 10.8 Å². The van der Waals surface area contributed by atoms with E-state index in [4.69, 9.17) is 0 Å². The third-order valence-electron chi connectivity index (χ3n) is 3.58. The number of carbonyl (C=O) groups is 1. The van der Waals surface area contributed by atoms with E-state index in [1.54, 1.807) is 6.92 Å². The average molecular weight is 260 g/mol. The van der Waals surface area contributed by atoms with E-state index in [-0.39, 0.29) is 11.2 Å². The number of rotatable bonds is 3. The van der Waals surface area contributed by atoms with Crippen LogP contribution < -0.4 is 0 Å². The summed E-state index contributed by atoms with van der Waals surface area (Å²) in [6, 6.07) is 8.16.